The summed E-state index contributed by atoms with van der Waals surface area (Å²) >= 11 is 2.21. The SMILES string of the molecule is COc1ccc2c(c1I)C(=O)N(Cc1c(C)cc(C)nc1OCc1ccccc1)CC2. The average molecular weight is 528 g/mol. The molecule has 0 aliphatic carbocycles. The molecule has 1 amide bonds. The third-order valence-electron chi connectivity index (χ3n) is 5.57. The molecule has 1 aliphatic heterocycles. The highest BCUT2D eigenvalue weighted by Gasteiger charge is 2.29. The van der Waals surface area contributed by atoms with Crippen LogP contribution >= 0.6 is 22.6 Å². The molecule has 31 heavy (non-hydrogen) atoms. The number of halogens is 1. The minimum Gasteiger partial charge on any atom is -0.496 e. The number of amides is 1. The normalized spacial score (nSPS) is 13.2. The summed E-state index contributed by atoms with van der Waals surface area (Å²) in [5.41, 5.74) is 5.84. The third-order valence-corrected chi connectivity index (χ3v) is 6.64. The summed E-state index contributed by atoms with van der Waals surface area (Å²) in [5, 5.41) is 0. The van der Waals surface area contributed by atoms with Gasteiger partial charge in [0.25, 0.3) is 5.91 Å². The Balaban J connectivity index is 1.61. The van der Waals surface area contributed by atoms with Crippen LogP contribution < -0.4 is 9.47 Å². The van der Waals surface area contributed by atoms with E-state index in [0.717, 1.165) is 49.3 Å². The van der Waals surface area contributed by atoms with Crippen molar-refractivity contribution in [2.75, 3.05) is 13.7 Å². The number of pyridine rings is 1. The van der Waals surface area contributed by atoms with Crippen LogP contribution in [0.2, 0.25) is 0 Å². The van der Waals surface area contributed by atoms with Crippen LogP contribution in [0.15, 0.2) is 48.5 Å². The zero-order valence-electron chi connectivity index (χ0n) is 17.9. The van der Waals surface area contributed by atoms with E-state index in [9.17, 15) is 4.79 Å². The van der Waals surface area contributed by atoms with Gasteiger partial charge in [-0.25, -0.2) is 4.98 Å². The molecule has 1 aromatic heterocycles. The van der Waals surface area contributed by atoms with Crippen LogP contribution in [-0.4, -0.2) is 29.4 Å². The first kappa shape index (κ1) is 21.6. The lowest BCUT2D eigenvalue weighted by atomic mass is 9.97. The van der Waals surface area contributed by atoms with Gasteiger partial charge in [0.05, 0.1) is 22.8 Å². The fraction of sp³-hybridized carbons (Fsp3) is 0.280. The summed E-state index contributed by atoms with van der Waals surface area (Å²) in [5.74, 6) is 1.36. The molecule has 3 aromatic rings. The Morgan fingerprint density at radius 2 is 1.90 bits per heavy atom. The molecular formula is C25H25IN2O3. The van der Waals surface area contributed by atoms with Gasteiger partial charge in [-0.3, -0.25) is 4.79 Å². The average Bonchev–Trinajstić information content (AvgIpc) is 2.76. The molecule has 0 atom stereocenters. The fourth-order valence-corrected chi connectivity index (χ4v) is 4.89. The molecule has 2 heterocycles. The van der Waals surface area contributed by atoms with Gasteiger partial charge in [0.15, 0.2) is 0 Å². The van der Waals surface area contributed by atoms with E-state index in [4.69, 9.17) is 9.47 Å². The molecule has 5 nitrogen and oxygen atoms in total. The Bertz CT molecular complexity index is 1120. The van der Waals surface area contributed by atoms with Crippen LogP contribution in [0.4, 0.5) is 0 Å². The summed E-state index contributed by atoms with van der Waals surface area (Å²) in [4.78, 5) is 19.9. The van der Waals surface area contributed by atoms with E-state index in [1.165, 1.54) is 0 Å². The summed E-state index contributed by atoms with van der Waals surface area (Å²) in [7, 11) is 1.63. The molecule has 1 aliphatic rings. The van der Waals surface area contributed by atoms with Gasteiger partial charge in [0, 0.05) is 17.8 Å². The molecule has 0 bridgehead atoms. The topological polar surface area (TPSA) is 51.7 Å². The Kier molecular flexibility index (Phi) is 6.46. The number of aryl methyl sites for hydroxylation is 2. The molecule has 0 spiro atoms. The molecule has 0 N–H and O–H groups in total. The Morgan fingerprint density at radius 3 is 2.65 bits per heavy atom. The maximum Gasteiger partial charge on any atom is 0.255 e. The number of nitrogens with zero attached hydrogens (tertiary/aromatic N) is 2. The Morgan fingerprint density at radius 1 is 1.13 bits per heavy atom. The fourth-order valence-electron chi connectivity index (χ4n) is 3.92. The van der Waals surface area contributed by atoms with E-state index in [2.05, 4.69) is 34.5 Å². The number of fused-ring (bicyclic) bond motifs is 1. The minimum atomic E-state index is 0.0264. The van der Waals surface area contributed by atoms with Crippen LogP contribution in [-0.2, 0) is 19.6 Å². The lowest BCUT2D eigenvalue weighted by Gasteiger charge is -2.30. The van der Waals surface area contributed by atoms with Gasteiger partial charge in [-0.05, 0) is 71.7 Å². The first-order valence-corrected chi connectivity index (χ1v) is 11.3. The second-order valence-electron chi connectivity index (χ2n) is 7.73. The van der Waals surface area contributed by atoms with Gasteiger partial charge in [0.1, 0.15) is 12.4 Å². The predicted molar refractivity (Wildman–Crippen MR) is 129 cm³/mol. The van der Waals surface area contributed by atoms with E-state index in [-0.39, 0.29) is 5.91 Å². The lowest BCUT2D eigenvalue weighted by molar-refractivity contribution is 0.0723. The number of aromatic nitrogens is 1. The van der Waals surface area contributed by atoms with Crippen molar-refractivity contribution in [3.8, 4) is 11.6 Å². The van der Waals surface area contributed by atoms with E-state index in [1.807, 2.05) is 60.4 Å². The molecule has 0 radical (unpaired) electrons. The maximum absolute atomic E-state index is 13.4. The van der Waals surface area contributed by atoms with Gasteiger partial charge in [0.2, 0.25) is 5.88 Å². The van der Waals surface area contributed by atoms with Crippen LogP contribution in [0, 0.1) is 17.4 Å². The lowest BCUT2D eigenvalue weighted by Crippen LogP contribution is -2.38. The highest BCUT2D eigenvalue weighted by Crippen LogP contribution is 2.33. The standard InChI is InChI=1S/C25H25IN2O3/c1-16-13-17(2)27-24(31-15-18-7-5-4-6-8-18)20(16)14-28-12-11-19-9-10-21(30-3)23(26)22(19)25(28)29/h4-10,13H,11-12,14-15H2,1-3H3. The summed E-state index contributed by atoms with van der Waals surface area (Å²) in [6.07, 6.45) is 0.819. The van der Waals surface area contributed by atoms with Gasteiger partial charge >= 0.3 is 0 Å². The van der Waals surface area contributed by atoms with Gasteiger partial charge < -0.3 is 14.4 Å². The summed E-state index contributed by atoms with van der Waals surface area (Å²) in [6.45, 7) is 5.59. The van der Waals surface area contributed by atoms with Crippen molar-refractivity contribution in [1.82, 2.24) is 9.88 Å². The van der Waals surface area contributed by atoms with Crippen LogP contribution in [0.1, 0.15) is 38.3 Å². The van der Waals surface area contributed by atoms with E-state index in [0.29, 0.717) is 25.6 Å². The van der Waals surface area contributed by atoms with Crippen molar-refractivity contribution in [3.05, 3.63) is 85.6 Å². The number of hydrogen-bond donors (Lipinski definition) is 0. The number of benzene rings is 2. The van der Waals surface area contributed by atoms with Crippen molar-refractivity contribution in [2.24, 2.45) is 0 Å². The first-order valence-electron chi connectivity index (χ1n) is 10.3. The number of methoxy groups -OCH3 is 1. The Labute approximate surface area is 196 Å². The second-order valence-corrected chi connectivity index (χ2v) is 8.81. The molecule has 0 fully saturated rings. The molecular weight excluding hydrogens is 503 g/mol. The van der Waals surface area contributed by atoms with Crippen molar-refractivity contribution in [2.45, 2.75) is 33.4 Å². The largest absolute Gasteiger partial charge is 0.496 e. The highest BCUT2D eigenvalue weighted by atomic mass is 127. The third kappa shape index (κ3) is 4.54. The first-order chi connectivity index (χ1) is 15.0. The van der Waals surface area contributed by atoms with Crippen molar-refractivity contribution in [1.29, 1.82) is 0 Å². The zero-order valence-corrected chi connectivity index (χ0v) is 20.1. The van der Waals surface area contributed by atoms with Crippen molar-refractivity contribution in [3.63, 3.8) is 0 Å². The van der Waals surface area contributed by atoms with E-state index in [1.54, 1.807) is 7.11 Å². The maximum atomic E-state index is 13.4. The Hall–Kier alpha value is -2.61. The molecule has 6 heteroatoms. The van der Waals surface area contributed by atoms with Crippen LogP contribution in [0.25, 0.3) is 0 Å². The molecule has 0 unspecified atom stereocenters. The number of carbonyl (C=O) groups excluding carboxylic acids is 1. The summed E-state index contributed by atoms with van der Waals surface area (Å²) in [6, 6.07) is 16.0. The molecule has 160 valence electrons. The highest BCUT2D eigenvalue weighted by molar-refractivity contribution is 14.1. The molecule has 2 aromatic carbocycles. The number of rotatable bonds is 6. The van der Waals surface area contributed by atoms with E-state index >= 15 is 0 Å². The molecule has 4 rings (SSSR count). The van der Waals surface area contributed by atoms with E-state index < -0.39 is 0 Å². The van der Waals surface area contributed by atoms with Crippen molar-refractivity contribution < 1.29 is 14.3 Å². The van der Waals surface area contributed by atoms with Gasteiger partial charge in [-0.2, -0.15) is 0 Å². The molecule has 0 saturated carbocycles. The minimum absolute atomic E-state index is 0.0264. The summed E-state index contributed by atoms with van der Waals surface area (Å²) < 4.78 is 12.4. The monoisotopic (exact) mass is 528 g/mol. The number of carbonyl (C=O) groups is 1. The quantitative estimate of drug-likeness (QED) is 0.419. The number of ether oxygens (including phenoxy) is 2. The van der Waals surface area contributed by atoms with Crippen molar-refractivity contribution >= 4 is 28.5 Å². The van der Waals surface area contributed by atoms with Crippen LogP contribution in [0.5, 0.6) is 11.6 Å². The van der Waals surface area contributed by atoms with Crippen LogP contribution in [0.3, 0.4) is 0 Å². The van der Waals surface area contributed by atoms with Gasteiger partial charge in [-0.1, -0.05) is 36.4 Å². The predicted octanol–water partition coefficient (Wildman–Crippen LogP) is 5.09. The van der Waals surface area contributed by atoms with Gasteiger partial charge in [-0.15, -0.1) is 0 Å². The zero-order chi connectivity index (χ0) is 22.0. The smallest absolute Gasteiger partial charge is 0.255 e. The second kappa shape index (κ2) is 9.26. The number of hydrogen-bond acceptors (Lipinski definition) is 4. The molecule has 0 saturated heterocycles.